The van der Waals surface area contributed by atoms with E-state index in [0.29, 0.717) is 11.6 Å². The van der Waals surface area contributed by atoms with E-state index in [1.807, 2.05) is 36.4 Å². The maximum absolute atomic E-state index is 6.38. The summed E-state index contributed by atoms with van der Waals surface area (Å²) in [6.45, 7) is 0. The number of hydrogen-bond acceptors (Lipinski definition) is 3. The average molecular weight is 444 g/mol. The summed E-state index contributed by atoms with van der Waals surface area (Å²) in [7, 11) is 0. The number of halogens is 1. The molecule has 156 valence electrons. The molecule has 0 fully saturated rings. The molecule has 1 heterocycles. The summed E-state index contributed by atoms with van der Waals surface area (Å²) in [5, 5.41) is 4.70. The SMILES string of the molecule is Clc1nc(-c2ccc3ccccc3c2)nc(-c2cccc3c(-c4ccccc4)cccc23)n1. The molecule has 6 aromatic rings. The number of fused-ring (bicyclic) bond motifs is 2. The molecular formula is C29H18ClN3. The lowest BCUT2D eigenvalue weighted by molar-refractivity contribution is 1.07. The molecule has 5 aromatic carbocycles. The smallest absolute Gasteiger partial charge is 0.208 e. The first-order chi connectivity index (χ1) is 16.3. The van der Waals surface area contributed by atoms with Gasteiger partial charge in [0.05, 0.1) is 0 Å². The Morgan fingerprint density at radius 3 is 1.94 bits per heavy atom. The summed E-state index contributed by atoms with van der Waals surface area (Å²) in [5.74, 6) is 1.13. The van der Waals surface area contributed by atoms with Crippen LogP contribution in [0, 0.1) is 0 Å². The van der Waals surface area contributed by atoms with Crippen LogP contribution < -0.4 is 0 Å². The quantitative estimate of drug-likeness (QED) is 0.279. The van der Waals surface area contributed by atoms with Crippen molar-refractivity contribution in [2.24, 2.45) is 0 Å². The zero-order valence-corrected chi connectivity index (χ0v) is 18.4. The van der Waals surface area contributed by atoms with E-state index < -0.39 is 0 Å². The molecule has 3 nitrogen and oxygen atoms in total. The zero-order chi connectivity index (χ0) is 22.2. The van der Waals surface area contributed by atoms with Gasteiger partial charge in [0.1, 0.15) is 0 Å². The summed E-state index contributed by atoms with van der Waals surface area (Å²) in [6, 6.07) is 37.3. The molecule has 0 amide bonds. The van der Waals surface area contributed by atoms with E-state index in [4.69, 9.17) is 16.6 Å². The Balaban J connectivity index is 1.53. The van der Waals surface area contributed by atoms with Crippen LogP contribution in [0.4, 0.5) is 0 Å². The van der Waals surface area contributed by atoms with Crippen LogP contribution in [-0.4, -0.2) is 15.0 Å². The number of hydrogen-bond donors (Lipinski definition) is 0. The fourth-order valence-electron chi connectivity index (χ4n) is 4.30. The topological polar surface area (TPSA) is 38.7 Å². The monoisotopic (exact) mass is 443 g/mol. The molecule has 0 radical (unpaired) electrons. The van der Waals surface area contributed by atoms with Crippen molar-refractivity contribution in [3.05, 3.63) is 114 Å². The predicted molar refractivity (Wildman–Crippen MR) is 136 cm³/mol. The summed E-state index contributed by atoms with van der Waals surface area (Å²) >= 11 is 6.38. The minimum atomic E-state index is 0.180. The third-order valence-corrected chi connectivity index (χ3v) is 6.03. The Morgan fingerprint density at radius 1 is 0.455 bits per heavy atom. The first-order valence-electron chi connectivity index (χ1n) is 10.7. The molecule has 1 aromatic heterocycles. The molecular weight excluding hydrogens is 426 g/mol. The summed E-state index contributed by atoms with van der Waals surface area (Å²) in [4.78, 5) is 13.7. The second-order valence-corrected chi connectivity index (χ2v) is 8.22. The van der Waals surface area contributed by atoms with Gasteiger partial charge in [-0.3, -0.25) is 0 Å². The highest BCUT2D eigenvalue weighted by Gasteiger charge is 2.14. The van der Waals surface area contributed by atoms with Crippen LogP contribution in [0.15, 0.2) is 109 Å². The van der Waals surface area contributed by atoms with Gasteiger partial charge in [-0.2, -0.15) is 9.97 Å². The Hall–Kier alpha value is -4.08. The van der Waals surface area contributed by atoms with E-state index in [-0.39, 0.29) is 5.28 Å². The minimum absolute atomic E-state index is 0.180. The molecule has 0 saturated heterocycles. The standard InChI is InChI=1S/C29H18ClN3/c30-29-32-27(22-17-16-19-8-4-5-11-21(19)18-22)31-28(33-29)26-15-7-13-24-23(12-6-14-25(24)26)20-9-2-1-3-10-20/h1-18H. The molecule has 6 rings (SSSR count). The van der Waals surface area contributed by atoms with Crippen molar-refractivity contribution in [2.75, 3.05) is 0 Å². The second kappa shape index (κ2) is 8.12. The molecule has 4 heteroatoms. The molecule has 0 N–H and O–H groups in total. The fourth-order valence-corrected chi connectivity index (χ4v) is 4.46. The lowest BCUT2D eigenvalue weighted by atomic mass is 9.95. The maximum atomic E-state index is 6.38. The molecule has 0 unspecified atom stereocenters. The molecule has 0 aliphatic rings. The first-order valence-corrected chi connectivity index (χ1v) is 11.1. The zero-order valence-electron chi connectivity index (χ0n) is 17.6. The highest BCUT2D eigenvalue weighted by molar-refractivity contribution is 6.28. The van der Waals surface area contributed by atoms with Crippen molar-refractivity contribution >= 4 is 33.1 Å². The van der Waals surface area contributed by atoms with Crippen molar-refractivity contribution in [1.29, 1.82) is 0 Å². The molecule has 0 saturated carbocycles. The highest BCUT2D eigenvalue weighted by atomic mass is 35.5. The summed E-state index contributed by atoms with van der Waals surface area (Å²) in [5.41, 5.74) is 4.18. The predicted octanol–water partition coefficient (Wildman–Crippen LogP) is 7.83. The van der Waals surface area contributed by atoms with E-state index in [2.05, 4.69) is 82.8 Å². The van der Waals surface area contributed by atoms with Gasteiger partial charge in [0.25, 0.3) is 0 Å². The molecule has 0 spiro atoms. The van der Waals surface area contributed by atoms with Gasteiger partial charge in [0, 0.05) is 11.1 Å². The molecule has 33 heavy (non-hydrogen) atoms. The minimum Gasteiger partial charge on any atom is -0.208 e. The lowest BCUT2D eigenvalue weighted by Crippen LogP contribution is -1.98. The lowest BCUT2D eigenvalue weighted by Gasteiger charge is -2.11. The van der Waals surface area contributed by atoms with Gasteiger partial charge in [-0.1, -0.05) is 103 Å². The number of benzene rings is 5. The Bertz CT molecular complexity index is 1630. The Labute approximate surface area is 196 Å². The van der Waals surface area contributed by atoms with E-state index in [1.54, 1.807) is 0 Å². The van der Waals surface area contributed by atoms with Crippen LogP contribution >= 0.6 is 11.6 Å². The normalized spacial score (nSPS) is 11.2. The van der Waals surface area contributed by atoms with Crippen molar-refractivity contribution in [2.45, 2.75) is 0 Å². The molecule has 0 atom stereocenters. The maximum Gasteiger partial charge on any atom is 0.226 e. The van der Waals surface area contributed by atoms with Crippen LogP contribution in [0.2, 0.25) is 5.28 Å². The largest absolute Gasteiger partial charge is 0.226 e. The van der Waals surface area contributed by atoms with Gasteiger partial charge in [-0.05, 0) is 50.3 Å². The summed E-state index contributed by atoms with van der Waals surface area (Å²) in [6.07, 6.45) is 0. The van der Waals surface area contributed by atoms with Gasteiger partial charge >= 0.3 is 0 Å². The van der Waals surface area contributed by atoms with Gasteiger partial charge in [0.2, 0.25) is 5.28 Å². The fraction of sp³-hybridized carbons (Fsp3) is 0. The van der Waals surface area contributed by atoms with Gasteiger partial charge in [-0.25, -0.2) is 4.98 Å². The van der Waals surface area contributed by atoms with Crippen LogP contribution in [0.5, 0.6) is 0 Å². The van der Waals surface area contributed by atoms with E-state index in [1.165, 1.54) is 16.5 Å². The third kappa shape index (κ3) is 3.63. The van der Waals surface area contributed by atoms with Crippen molar-refractivity contribution in [1.82, 2.24) is 15.0 Å². The molecule has 0 bridgehead atoms. The van der Waals surface area contributed by atoms with Crippen molar-refractivity contribution in [3.63, 3.8) is 0 Å². The van der Waals surface area contributed by atoms with E-state index in [0.717, 1.165) is 27.3 Å². The number of aromatic nitrogens is 3. The average Bonchev–Trinajstić information content (AvgIpc) is 2.88. The molecule has 0 aliphatic heterocycles. The third-order valence-electron chi connectivity index (χ3n) is 5.86. The van der Waals surface area contributed by atoms with E-state index in [9.17, 15) is 0 Å². The Morgan fingerprint density at radius 2 is 1.12 bits per heavy atom. The van der Waals surface area contributed by atoms with Crippen LogP contribution in [0.25, 0.3) is 55.4 Å². The Kier molecular flexibility index (Phi) is 4.82. The van der Waals surface area contributed by atoms with Crippen molar-refractivity contribution < 1.29 is 0 Å². The van der Waals surface area contributed by atoms with Crippen LogP contribution in [0.1, 0.15) is 0 Å². The van der Waals surface area contributed by atoms with E-state index >= 15 is 0 Å². The van der Waals surface area contributed by atoms with Gasteiger partial charge in [0.15, 0.2) is 11.6 Å². The van der Waals surface area contributed by atoms with Gasteiger partial charge in [-0.15, -0.1) is 0 Å². The second-order valence-electron chi connectivity index (χ2n) is 7.89. The summed E-state index contributed by atoms with van der Waals surface area (Å²) < 4.78 is 0. The van der Waals surface area contributed by atoms with Crippen LogP contribution in [-0.2, 0) is 0 Å². The van der Waals surface area contributed by atoms with Crippen LogP contribution in [0.3, 0.4) is 0 Å². The molecule has 0 aliphatic carbocycles. The van der Waals surface area contributed by atoms with Crippen molar-refractivity contribution in [3.8, 4) is 33.9 Å². The highest BCUT2D eigenvalue weighted by Crippen LogP contribution is 2.34. The first kappa shape index (κ1) is 19.6. The number of rotatable bonds is 3. The van der Waals surface area contributed by atoms with Gasteiger partial charge < -0.3 is 0 Å². The number of nitrogens with zero attached hydrogens (tertiary/aromatic N) is 3.